The summed E-state index contributed by atoms with van der Waals surface area (Å²) in [7, 11) is -3.62. The summed E-state index contributed by atoms with van der Waals surface area (Å²) in [5, 5.41) is 0. The summed E-state index contributed by atoms with van der Waals surface area (Å²) >= 11 is 0. The number of hydrogen-bond donors (Lipinski definition) is 0. The van der Waals surface area contributed by atoms with Crippen molar-refractivity contribution >= 4 is 7.82 Å². The lowest BCUT2D eigenvalue weighted by Gasteiger charge is -2.22. The molecule has 3 atom stereocenters. The molecular formula is C15H27O7P. The molecule has 3 rings (SSSR count). The molecule has 3 saturated heterocycles. The van der Waals surface area contributed by atoms with Gasteiger partial charge in [0.25, 0.3) is 0 Å². The molecule has 3 heterocycles. The van der Waals surface area contributed by atoms with E-state index in [2.05, 4.69) is 0 Å². The van der Waals surface area contributed by atoms with Gasteiger partial charge in [0.2, 0.25) is 0 Å². The Kier molecular flexibility index (Phi) is 6.89. The van der Waals surface area contributed by atoms with Gasteiger partial charge in [0.15, 0.2) is 0 Å². The molecule has 0 saturated carbocycles. The predicted octanol–water partition coefficient (Wildman–Crippen LogP) is 2.68. The van der Waals surface area contributed by atoms with Gasteiger partial charge in [-0.25, -0.2) is 4.57 Å². The third-order valence-corrected chi connectivity index (χ3v) is 5.72. The molecule has 0 spiro atoms. The van der Waals surface area contributed by atoms with Crippen LogP contribution >= 0.6 is 7.82 Å². The van der Waals surface area contributed by atoms with Crippen molar-refractivity contribution in [1.82, 2.24) is 0 Å². The normalized spacial score (nSPS) is 31.9. The molecule has 23 heavy (non-hydrogen) atoms. The van der Waals surface area contributed by atoms with Gasteiger partial charge in [-0.2, -0.15) is 0 Å². The molecular weight excluding hydrogens is 323 g/mol. The zero-order valence-electron chi connectivity index (χ0n) is 13.5. The van der Waals surface area contributed by atoms with E-state index in [0.717, 1.165) is 58.3 Å². The maximum atomic E-state index is 12.8. The van der Waals surface area contributed by atoms with E-state index in [9.17, 15) is 4.57 Å². The maximum absolute atomic E-state index is 12.8. The second kappa shape index (κ2) is 8.90. The van der Waals surface area contributed by atoms with Crippen molar-refractivity contribution in [2.24, 2.45) is 0 Å². The van der Waals surface area contributed by atoms with Crippen molar-refractivity contribution in [3.05, 3.63) is 0 Å². The first kappa shape index (κ1) is 17.8. The molecule has 8 heteroatoms. The average Bonchev–Trinajstić information content (AvgIpc) is 3.33. The Labute approximate surface area is 137 Å². The summed E-state index contributed by atoms with van der Waals surface area (Å²) in [5.41, 5.74) is 0. The Morgan fingerprint density at radius 2 is 1.04 bits per heavy atom. The van der Waals surface area contributed by atoms with Crippen molar-refractivity contribution in [3.8, 4) is 0 Å². The zero-order valence-corrected chi connectivity index (χ0v) is 14.4. The van der Waals surface area contributed by atoms with E-state index in [1.807, 2.05) is 0 Å². The van der Waals surface area contributed by atoms with Crippen LogP contribution in [0.4, 0.5) is 0 Å². The van der Waals surface area contributed by atoms with Crippen molar-refractivity contribution in [3.63, 3.8) is 0 Å². The van der Waals surface area contributed by atoms with Crippen molar-refractivity contribution in [1.29, 1.82) is 0 Å². The predicted molar refractivity (Wildman–Crippen MR) is 82.4 cm³/mol. The topological polar surface area (TPSA) is 72.5 Å². The second-order valence-corrected chi connectivity index (χ2v) is 7.91. The van der Waals surface area contributed by atoms with Crippen LogP contribution in [0.25, 0.3) is 0 Å². The van der Waals surface area contributed by atoms with Crippen molar-refractivity contribution in [2.45, 2.75) is 56.8 Å². The van der Waals surface area contributed by atoms with Crippen LogP contribution in [0.1, 0.15) is 38.5 Å². The number of rotatable bonds is 9. The molecule has 0 aromatic heterocycles. The van der Waals surface area contributed by atoms with Crippen LogP contribution in [0.15, 0.2) is 0 Å². The molecule has 0 radical (unpaired) electrons. The summed E-state index contributed by atoms with van der Waals surface area (Å²) < 4.78 is 45.9. The lowest BCUT2D eigenvalue weighted by molar-refractivity contribution is 0.00359. The highest BCUT2D eigenvalue weighted by Crippen LogP contribution is 2.50. The molecule has 3 aliphatic rings. The quantitative estimate of drug-likeness (QED) is 0.592. The Morgan fingerprint density at radius 3 is 1.30 bits per heavy atom. The zero-order chi connectivity index (χ0) is 16.0. The number of phosphoric acid groups is 1. The van der Waals surface area contributed by atoms with E-state index in [-0.39, 0.29) is 38.1 Å². The lowest BCUT2D eigenvalue weighted by atomic mass is 10.2. The fraction of sp³-hybridized carbons (Fsp3) is 1.00. The Morgan fingerprint density at radius 1 is 0.696 bits per heavy atom. The third kappa shape index (κ3) is 5.78. The van der Waals surface area contributed by atoms with Crippen molar-refractivity contribution in [2.75, 3.05) is 39.6 Å². The van der Waals surface area contributed by atoms with E-state index >= 15 is 0 Å². The summed E-state index contributed by atoms with van der Waals surface area (Å²) in [6.45, 7) is 2.88. The molecule has 0 amide bonds. The summed E-state index contributed by atoms with van der Waals surface area (Å²) in [6, 6.07) is 0. The first-order chi connectivity index (χ1) is 11.2. The van der Waals surface area contributed by atoms with Gasteiger partial charge in [0.05, 0.1) is 38.1 Å². The van der Waals surface area contributed by atoms with E-state index in [1.165, 1.54) is 0 Å². The second-order valence-electron chi connectivity index (χ2n) is 6.24. The molecule has 7 nitrogen and oxygen atoms in total. The fourth-order valence-electron chi connectivity index (χ4n) is 2.96. The van der Waals surface area contributed by atoms with E-state index in [1.54, 1.807) is 0 Å². The standard InChI is InChI=1S/C15H27O7P/c16-23(20-10-13-4-1-7-17-13,21-11-14-5-2-8-18-14)22-12-15-6-3-9-19-15/h13-15H,1-12H2/t13-,14-,15+/m0/s1. The molecule has 3 fully saturated rings. The number of hydrogen-bond acceptors (Lipinski definition) is 7. The Balaban J connectivity index is 1.47. The van der Waals surface area contributed by atoms with E-state index in [4.69, 9.17) is 27.8 Å². The van der Waals surface area contributed by atoms with Gasteiger partial charge in [0, 0.05) is 19.8 Å². The van der Waals surface area contributed by atoms with Gasteiger partial charge in [0.1, 0.15) is 0 Å². The van der Waals surface area contributed by atoms with Crippen LogP contribution in [-0.4, -0.2) is 58.0 Å². The van der Waals surface area contributed by atoms with Crippen LogP contribution in [0.5, 0.6) is 0 Å². The number of phosphoric ester groups is 1. The minimum absolute atomic E-state index is 0.0269. The van der Waals surface area contributed by atoms with Gasteiger partial charge in [-0.3, -0.25) is 13.6 Å². The molecule has 134 valence electrons. The molecule has 3 aliphatic heterocycles. The SMILES string of the molecule is O=P(OC[C@H]1CCCO1)(OC[C@@H]1CCCO1)OC[C@@H]1CCCO1. The number of ether oxygens (including phenoxy) is 3. The van der Waals surface area contributed by atoms with Crippen LogP contribution in [0.3, 0.4) is 0 Å². The first-order valence-electron chi connectivity index (χ1n) is 8.62. The van der Waals surface area contributed by atoms with E-state index in [0.29, 0.717) is 0 Å². The molecule has 0 bridgehead atoms. The minimum Gasteiger partial charge on any atom is -0.376 e. The summed E-state index contributed by atoms with van der Waals surface area (Å²) in [4.78, 5) is 0. The van der Waals surface area contributed by atoms with Gasteiger partial charge in [-0.15, -0.1) is 0 Å². The Hall–Kier alpha value is -0.0100. The van der Waals surface area contributed by atoms with Crippen LogP contribution in [0.2, 0.25) is 0 Å². The highest BCUT2D eigenvalue weighted by molar-refractivity contribution is 7.48. The molecule has 0 aliphatic carbocycles. The van der Waals surface area contributed by atoms with Gasteiger partial charge in [-0.05, 0) is 38.5 Å². The summed E-state index contributed by atoms with van der Waals surface area (Å²) in [6.07, 6.45) is 5.68. The van der Waals surface area contributed by atoms with E-state index < -0.39 is 7.82 Å². The molecule has 0 unspecified atom stereocenters. The fourth-order valence-corrected chi connectivity index (χ4v) is 4.23. The van der Waals surface area contributed by atoms with Gasteiger partial charge >= 0.3 is 7.82 Å². The first-order valence-corrected chi connectivity index (χ1v) is 10.1. The maximum Gasteiger partial charge on any atom is 0.475 e. The van der Waals surface area contributed by atoms with Crippen molar-refractivity contribution < 1.29 is 32.3 Å². The summed E-state index contributed by atoms with van der Waals surface area (Å²) in [5.74, 6) is 0. The minimum atomic E-state index is -3.62. The lowest BCUT2D eigenvalue weighted by Crippen LogP contribution is -2.20. The van der Waals surface area contributed by atoms with Gasteiger partial charge < -0.3 is 14.2 Å². The average molecular weight is 350 g/mol. The molecule has 0 aromatic carbocycles. The van der Waals surface area contributed by atoms with Crippen LogP contribution in [0, 0.1) is 0 Å². The van der Waals surface area contributed by atoms with Crippen LogP contribution < -0.4 is 0 Å². The third-order valence-electron chi connectivity index (χ3n) is 4.33. The largest absolute Gasteiger partial charge is 0.475 e. The van der Waals surface area contributed by atoms with Gasteiger partial charge in [-0.1, -0.05) is 0 Å². The highest BCUT2D eigenvalue weighted by Gasteiger charge is 2.33. The highest BCUT2D eigenvalue weighted by atomic mass is 31.2. The smallest absolute Gasteiger partial charge is 0.376 e. The molecule has 0 aromatic rings. The van der Waals surface area contributed by atoms with Crippen LogP contribution in [-0.2, 0) is 32.3 Å². The molecule has 0 N–H and O–H groups in total. The monoisotopic (exact) mass is 350 g/mol. The Bertz CT molecular complexity index is 330.